The molecule has 4 rings (SSSR count). The Morgan fingerprint density at radius 3 is 2.45 bits per heavy atom. The van der Waals surface area contributed by atoms with Crippen LogP contribution in [-0.4, -0.2) is 38.3 Å². The number of aliphatic imine (C=N–C) groups is 1. The molecule has 1 aliphatic heterocycles. The number of ether oxygens (including phenoxy) is 2. The Morgan fingerprint density at radius 1 is 0.935 bits per heavy atom. The molecule has 1 aliphatic rings. The molecule has 0 fully saturated rings. The van der Waals surface area contributed by atoms with E-state index in [1.54, 1.807) is 38.5 Å². The number of amides is 2. The fourth-order valence-electron chi connectivity index (χ4n) is 3.62. The van der Waals surface area contributed by atoms with Gasteiger partial charge in [-0.3, -0.25) is 14.6 Å². The van der Waals surface area contributed by atoms with Crippen molar-refractivity contribution in [2.24, 2.45) is 10.7 Å². The van der Waals surface area contributed by atoms with Crippen LogP contribution in [0.4, 0.5) is 5.69 Å². The van der Waals surface area contributed by atoms with Crippen molar-refractivity contribution in [3.05, 3.63) is 77.4 Å². The van der Waals surface area contributed by atoms with Crippen molar-refractivity contribution < 1.29 is 19.1 Å². The first-order valence-corrected chi connectivity index (χ1v) is 9.62. The summed E-state index contributed by atoms with van der Waals surface area (Å²) in [7, 11) is 3.18. The largest absolute Gasteiger partial charge is 0.496 e. The molecule has 0 aromatic heterocycles. The summed E-state index contributed by atoms with van der Waals surface area (Å²) in [6.45, 7) is -0.0445. The van der Waals surface area contributed by atoms with E-state index in [0.717, 1.165) is 11.1 Å². The van der Waals surface area contributed by atoms with Gasteiger partial charge >= 0.3 is 0 Å². The number of para-hydroxylation sites is 1. The molecule has 0 atom stereocenters. The number of nitrogens with one attached hydrogen (secondary N) is 1. The minimum Gasteiger partial charge on any atom is -0.496 e. The fourth-order valence-corrected chi connectivity index (χ4v) is 3.62. The number of rotatable bonds is 5. The number of fused-ring (bicyclic) bond motifs is 1. The van der Waals surface area contributed by atoms with E-state index in [1.807, 2.05) is 36.4 Å². The fraction of sp³-hybridized carbons (Fsp3) is 0.125. The highest BCUT2D eigenvalue weighted by atomic mass is 16.5. The van der Waals surface area contributed by atoms with Crippen molar-refractivity contribution >= 4 is 23.2 Å². The number of benzene rings is 3. The molecule has 7 heteroatoms. The first-order chi connectivity index (χ1) is 15.0. The zero-order chi connectivity index (χ0) is 22.0. The van der Waals surface area contributed by atoms with Gasteiger partial charge in [-0.15, -0.1) is 0 Å². The van der Waals surface area contributed by atoms with Gasteiger partial charge in [0.25, 0.3) is 0 Å². The highest BCUT2D eigenvalue weighted by Gasteiger charge is 2.23. The van der Waals surface area contributed by atoms with E-state index in [-0.39, 0.29) is 12.5 Å². The van der Waals surface area contributed by atoms with Crippen LogP contribution in [-0.2, 0) is 4.79 Å². The third-order valence-electron chi connectivity index (χ3n) is 5.07. The second-order valence-corrected chi connectivity index (χ2v) is 6.96. The Balaban J connectivity index is 1.96. The standard InChI is InChI=1S/C24H21N3O4/c1-30-20-9-4-3-8-16(20)17-11-18-19(12-21(17)31-2)27-22(28)13-26-23(18)14-6-5-7-15(10-14)24(25)29/h3-12H,13H2,1-2H3,(H2,25,29)(H,27,28). The lowest BCUT2D eigenvalue weighted by molar-refractivity contribution is -0.114. The number of primary amides is 1. The summed E-state index contributed by atoms with van der Waals surface area (Å²) < 4.78 is 11.2. The zero-order valence-corrected chi connectivity index (χ0v) is 17.1. The van der Waals surface area contributed by atoms with Crippen molar-refractivity contribution in [1.82, 2.24) is 0 Å². The van der Waals surface area contributed by atoms with Crippen molar-refractivity contribution in [3.63, 3.8) is 0 Å². The molecule has 0 saturated heterocycles. The highest BCUT2D eigenvalue weighted by molar-refractivity contribution is 6.20. The smallest absolute Gasteiger partial charge is 0.248 e. The minimum absolute atomic E-state index is 0.0445. The quantitative estimate of drug-likeness (QED) is 0.668. The number of benzodiazepines with no additional fused rings is 1. The van der Waals surface area contributed by atoms with E-state index in [4.69, 9.17) is 15.2 Å². The van der Waals surface area contributed by atoms with E-state index in [1.165, 1.54) is 0 Å². The normalized spacial score (nSPS) is 12.8. The summed E-state index contributed by atoms with van der Waals surface area (Å²) in [6, 6.07) is 18.2. The lowest BCUT2D eigenvalue weighted by Gasteiger charge is -2.17. The van der Waals surface area contributed by atoms with Gasteiger partial charge in [-0.25, -0.2) is 0 Å². The van der Waals surface area contributed by atoms with Gasteiger partial charge in [-0.2, -0.15) is 0 Å². The molecule has 0 spiro atoms. The number of nitrogens with two attached hydrogens (primary N) is 1. The van der Waals surface area contributed by atoms with E-state index >= 15 is 0 Å². The molecule has 3 aromatic rings. The molecule has 0 aliphatic carbocycles. The second kappa shape index (κ2) is 8.31. The van der Waals surface area contributed by atoms with E-state index in [2.05, 4.69) is 10.3 Å². The first kappa shape index (κ1) is 20.2. The SMILES string of the molecule is COc1ccccc1-c1cc2c(cc1OC)NC(=O)CN=C2c1cccc(C(N)=O)c1. The molecule has 31 heavy (non-hydrogen) atoms. The van der Waals surface area contributed by atoms with Crippen molar-refractivity contribution in [2.75, 3.05) is 26.1 Å². The van der Waals surface area contributed by atoms with E-state index < -0.39 is 5.91 Å². The lowest BCUT2D eigenvalue weighted by Crippen LogP contribution is -2.13. The molecule has 0 radical (unpaired) electrons. The monoisotopic (exact) mass is 415 g/mol. The van der Waals surface area contributed by atoms with Crippen LogP contribution in [0.1, 0.15) is 21.5 Å². The summed E-state index contributed by atoms with van der Waals surface area (Å²) in [6.07, 6.45) is 0. The number of nitrogens with zero attached hydrogens (tertiary/aromatic N) is 1. The second-order valence-electron chi connectivity index (χ2n) is 6.96. The van der Waals surface area contributed by atoms with Crippen molar-refractivity contribution in [1.29, 1.82) is 0 Å². The Hall–Kier alpha value is -4.13. The molecule has 0 saturated carbocycles. The summed E-state index contributed by atoms with van der Waals surface area (Å²) in [4.78, 5) is 28.5. The third kappa shape index (κ3) is 3.85. The number of anilines is 1. The average Bonchev–Trinajstić information content (AvgIpc) is 2.95. The maximum atomic E-state index is 12.3. The molecule has 156 valence electrons. The van der Waals surface area contributed by atoms with Gasteiger partial charge in [0.2, 0.25) is 11.8 Å². The van der Waals surface area contributed by atoms with Crippen molar-refractivity contribution in [3.8, 4) is 22.6 Å². The summed E-state index contributed by atoms with van der Waals surface area (Å²) in [5, 5.41) is 2.89. The van der Waals surface area contributed by atoms with Gasteiger partial charge in [0, 0.05) is 33.9 Å². The van der Waals surface area contributed by atoms with Gasteiger partial charge in [0.05, 0.1) is 25.6 Å². The van der Waals surface area contributed by atoms with Gasteiger partial charge in [0.15, 0.2) is 0 Å². The van der Waals surface area contributed by atoms with E-state index in [9.17, 15) is 9.59 Å². The average molecular weight is 415 g/mol. The number of hydrogen-bond donors (Lipinski definition) is 2. The Morgan fingerprint density at radius 2 is 1.71 bits per heavy atom. The molecule has 1 heterocycles. The molecular weight excluding hydrogens is 394 g/mol. The molecule has 0 unspecified atom stereocenters. The molecule has 7 nitrogen and oxygen atoms in total. The molecule has 3 N–H and O–H groups in total. The number of hydrogen-bond acceptors (Lipinski definition) is 5. The summed E-state index contributed by atoms with van der Waals surface area (Å²) in [5.41, 5.74) is 9.98. The third-order valence-corrected chi connectivity index (χ3v) is 5.07. The van der Waals surface area contributed by atoms with Crippen LogP contribution in [0.15, 0.2) is 65.7 Å². The molecule has 2 amide bonds. The predicted octanol–water partition coefficient (Wildman–Crippen LogP) is 3.26. The van der Waals surface area contributed by atoms with Gasteiger partial charge in [0.1, 0.15) is 18.0 Å². The minimum atomic E-state index is -0.532. The van der Waals surface area contributed by atoms with Crippen LogP contribution in [0.25, 0.3) is 11.1 Å². The lowest BCUT2D eigenvalue weighted by atomic mass is 9.94. The summed E-state index contributed by atoms with van der Waals surface area (Å²) in [5.74, 6) is 0.493. The topological polar surface area (TPSA) is 103 Å². The van der Waals surface area contributed by atoms with Gasteiger partial charge in [-0.05, 0) is 24.3 Å². The highest BCUT2D eigenvalue weighted by Crippen LogP contribution is 2.40. The van der Waals surface area contributed by atoms with Crippen LogP contribution in [0.5, 0.6) is 11.5 Å². The van der Waals surface area contributed by atoms with Crippen molar-refractivity contribution in [2.45, 2.75) is 0 Å². The Labute approximate surface area is 179 Å². The van der Waals surface area contributed by atoms with Crippen LogP contribution in [0, 0.1) is 0 Å². The summed E-state index contributed by atoms with van der Waals surface area (Å²) >= 11 is 0. The number of methoxy groups -OCH3 is 2. The van der Waals surface area contributed by atoms with Crippen LogP contribution < -0.4 is 20.5 Å². The maximum absolute atomic E-state index is 12.3. The number of carbonyl (C=O) groups is 2. The number of carbonyl (C=O) groups excluding carboxylic acids is 2. The Bertz CT molecular complexity index is 1220. The molecule has 3 aromatic carbocycles. The molecule has 0 bridgehead atoms. The van der Waals surface area contributed by atoms with Gasteiger partial charge in [-0.1, -0.05) is 30.3 Å². The van der Waals surface area contributed by atoms with Crippen LogP contribution >= 0.6 is 0 Å². The first-order valence-electron chi connectivity index (χ1n) is 9.62. The van der Waals surface area contributed by atoms with Crippen LogP contribution in [0.3, 0.4) is 0 Å². The predicted molar refractivity (Wildman–Crippen MR) is 119 cm³/mol. The van der Waals surface area contributed by atoms with E-state index in [0.29, 0.717) is 39.6 Å². The molecular formula is C24H21N3O4. The Kier molecular flexibility index (Phi) is 5.41. The van der Waals surface area contributed by atoms with Gasteiger partial charge < -0.3 is 20.5 Å². The van der Waals surface area contributed by atoms with Crippen LogP contribution in [0.2, 0.25) is 0 Å². The zero-order valence-electron chi connectivity index (χ0n) is 17.1. The maximum Gasteiger partial charge on any atom is 0.248 e.